The Morgan fingerprint density at radius 3 is 2.46 bits per heavy atom. The lowest BCUT2D eigenvalue weighted by Gasteiger charge is -2.22. The lowest BCUT2D eigenvalue weighted by Crippen LogP contribution is -2.27. The molecule has 1 amide bonds. The van der Waals surface area contributed by atoms with E-state index in [1.165, 1.54) is 12.1 Å². The van der Waals surface area contributed by atoms with Crippen LogP contribution in [0.3, 0.4) is 0 Å². The molecule has 0 radical (unpaired) electrons. The van der Waals surface area contributed by atoms with Gasteiger partial charge in [0.25, 0.3) is 0 Å². The van der Waals surface area contributed by atoms with Crippen molar-refractivity contribution in [2.45, 2.75) is 32.5 Å². The van der Waals surface area contributed by atoms with Crippen LogP contribution in [0.5, 0.6) is 5.75 Å². The zero-order valence-corrected chi connectivity index (χ0v) is 14.5. The minimum atomic E-state index is -1.16. The van der Waals surface area contributed by atoms with Gasteiger partial charge in [-0.2, -0.15) is 0 Å². The lowest BCUT2D eigenvalue weighted by atomic mass is 9.99. The number of carbonyl (C=O) groups excluding carboxylic acids is 1. The van der Waals surface area contributed by atoms with Gasteiger partial charge in [-0.3, -0.25) is 5.32 Å². The molecule has 0 aliphatic carbocycles. The Morgan fingerprint density at radius 1 is 1.17 bits per heavy atom. The molecule has 0 spiro atoms. The van der Waals surface area contributed by atoms with E-state index >= 15 is 0 Å². The SMILES string of the molecule is CC(C)(C)OC(=O)Nc1ccc(Cl)cc1[C@H](O)c1ccccc1O. The van der Waals surface area contributed by atoms with Gasteiger partial charge in [-0.15, -0.1) is 0 Å². The minimum Gasteiger partial charge on any atom is -0.508 e. The number of hydrogen-bond donors (Lipinski definition) is 3. The van der Waals surface area contributed by atoms with E-state index in [1.54, 1.807) is 51.1 Å². The highest BCUT2D eigenvalue weighted by Crippen LogP contribution is 2.34. The number of para-hydroxylation sites is 1. The number of phenolic OH excluding ortho intramolecular Hbond substituents is 1. The van der Waals surface area contributed by atoms with E-state index in [-0.39, 0.29) is 5.75 Å². The van der Waals surface area contributed by atoms with Gasteiger partial charge in [0.15, 0.2) is 0 Å². The lowest BCUT2D eigenvalue weighted by molar-refractivity contribution is 0.0635. The molecule has 0 aliphatic heterocycles. The number of rotatable bonds is 3. The molecule has 6 heteroatoms. The van der Waals surface area contributed by atoms with Crippen molar-refractivity contribution >= 4 is 23.4 Å². The number of aromatic hydroxyl groups is 1. The molecule has 0 fully saturated rings. The second-order valence-corrected chi connectivity index (χ2v) is 6.76. The topological polar surface area (TPSA) is 78.8 Å². The standard InChI is InChI=1S/C18H20ClNO4/c1-18(2,3)24-17(23)20-14-9-8-11(19)10-13(14)16(22)12-6-4-5-7-15(12)21/h4-10,16,21-22H,1-3H3,(H,20,23)/t16-/m1/s1. The summed E-state index contributed by atoms with van der Waals surface area (Å²) in [5, 5.41) is 23.5. The Hall–Kier alpha value is -2.24. The zero-order chi connectivity index (χ0) is 17.9. The number of amides is 1. The highest BCUT2D eigenvalue weighted by Gasteiger charge is 2.21. The second-order valence-electron chi connectivity index (χ2n) is 6.32. The first-order valence-corrected chi connectivity index (χ1v) is 7.80. The van der Waals surface area contributed by atoms with Gasteiger partial charge in [0.05, 0.1) is 5.69 Å². The van der Waals surface area contributed by atoms with Crippen LogP contribution in [-0.4, -0.2) is 21.9 Å². The number of ether oxygens (including phenoxy) is 1. The number of nitrogens with one attached hydrogen (secondary N) is 1. The van der Waals surface area contributed by atoms with Crippen molar-refractivity contribution in [2.24, 2.45) is 0 Å². The Kier molecular flexibility index (Phi) is 5.36. The molecule has 24 heavy (non-hydrogen) atoms. The van der Waals surface area contributed by atoms with Crippen LogP contribution < -0.4 is 5.32 Å². The van der Waals surface area contributed by atoms with E-state index < -0.39 is 17.8 Å². The van der Waals surface area contributed by atoms with Crippen LogP contribution in [0.25, 0.3) is 0 Å². The first kappa shape index (κ1) is 18.1. The summed E-state index contributed by atoms with van der Waals surface area (Å²) in [6, 6.07) is 11.1. The number of halogens is 1. The number of aliphatic hydroxyl groups excluding tert-OH is 1. The maximum Gasteiger partial charge on any atom is 0.412 e. The number of phenols is 1. The molecule has 0 unspecified atom stereocenters. The van der Waals surface area contributed by atoms with E-state index in [0.29, 0.717) is 21.8 Å². The van der Waals surface area contributed by atoms with Crippen LogP contribution in [0.1, 0.15) is 38.0 Å². The van der Waals surface area contributed by atoms with E-state index in [9.17, 15) is 15.0 Å². The largest absolute Gasteiger partial charge is 0.508 e. The minimum absolute atomic E-state index is 0.0480. The smallest absolute Gasteiger partial charge is 0.412 e. The summed E-state index contributed by atoms with van der Waals surface area (Å²) in [6.07, 6.45) is -1.80. The van der Waals surface area contributed by atoms with E-state index in [1.807, 2.05) is 0 Å². The van der Waals surface area contributed by atoms with Crippen LogP contribution in [0.2, 0.25) is 5.02 Å². The third kappa shape index (κ3) is 4.63. The molecule has 2 aromatic carbocycles. The first-order valence-electron chi connectivity index (χ1n) is 7.43. The number of hydrogen-bond acceptors (Lipinski definition) is 4. The van der Waals surface area contributed by atoms with E-state index in [0.717, 1.165) is 0 Å². The van der Waals surface area contributed by atoms with E-state index in [4.69, 9.17) is 16.3 Å². The first-order chi connectivity index (χ1) is 11.2. The monoisotopic (exact) mass is 349 g/mol. The third-order valence-electron chi connectivity index (χ3n) is 3.18. The van der Waals surface area contributed by atoms with Crippen molar-refractivity contribution in [3.05, 3.63) is 58.6 Å². The summed E-state index contributed by atoms with van der Waals surface area (Å²) in [7, 11) is 0. The van der Waals surface area contributed by atoms with Gasteiger partial charge in [0.2, 0.25) is 0 Å². The predicted molar refractivity (Wildman–Crippen MR) is 93.5 cm³/mol. The number of carbonyl (C=O) groups is 1. The second kappa shape index (κ2) is 7.11. The van der Waals surface area contributed by atoms with Crippen LogP contribution in [0.15, 0.2) is 42.5 Å². The van der Waals surface area contributed by atoms with Gasteiger partial charge in [0, 0.05) is 16.1 Å². The van der Waals surface area contributed by atoms with Gasteiger partial charge in [0.1, 0.15) is 17.5 Å². The Labute approximate surface area is 145 Å². The molecule has 0 aromatic heterocycles. The molecular weight excluding hydrogens is 330 g/mol. The molecular formula is C18H20ClNO4. The molecule has 0 saturated carbocycles. The Balaban J connectivity index is 2.34. The fraction of sp³-hybridized carbons (Fsp3) is 0.278. The summed E-state index contributed by atoms with van der Waals surface area (Å²) < 4.78 is 5.22. The number of anilines is 1. The molecule has 0 bridgehead atoms. The van der Waals surface area contributed by atoms with Gasteiger partial charge >= 0.3 is 6.09 Å². The van der Waals surface area contributed by atoms with Crippen molar-refractivity contribution in [3.8, 4) is 5.75 Å². The average molecular weight is 350 g/mol. The summed E-state index contributed by atoms with van der Waals surface area (Å²) in [6.45, 7) is 5.27. The average Bonchev–Trinajstić information content (AvgIpc) is 2.47. The molecule has 2 rings (SSSR count). The molecule has 2 aromatic rings. The quantitative estimate of drug-likeness (QED) is 0.763. The van der Waals surface area contributed by atoms with Crippen LogP contribution in [-0.2, 0) is 4.74 Å². The van der Waals surface area contributed by atoms with Gasteiger partial charge < -0.3 is 14.9 Å². The van der Waals surface area contributed by atoms with Crippen molar-refractivity contribution in [2.75, 3.05) is 5.32 Å². The Morgan fingerprint density at radius 2 is 1.83 bits per heavy atom. The molecule has 1 atom stereocenters. The molecule has 0 aliphatic rings. The maximum absolute atomic E-state index is 12.0. The van der Waals surface area contributed by atoms with E-state index in [2.05, 4.69) is 5.32 Å². The zero-order valence-electron chi connectivity index (χ0n) is 13.7. The maximum atomic E-state index is 12.0. The third-order valence-corrected chi connectivity index (χ3v) is 3.41. The fourth-order valence-electron chi connectivity index (χ4n) is 2.17. The highest BCUT2D eigenvalue weighted by atomic mass is 35.5. The molecule has 0 heterocycles. The fourth-order valence-corrected chi connectivity index (χ4v) is 2.35. The van der Waals surface area contributed by atoms with Crippen molar-refractivity contribution in [3.63, 3.8) is 0 Å². The summed E-state index contributed by atoms with van der Waals surface area (Å²) in [4.78, 5) is 12.0. The van der Waals surface area contributed by atoms with Crippen LogP contribution in [0.4, 0.5) is 10.5 Å². The normalized spacial score (nSPS) is 12.5. The van der Waals surface area contributed by atoms with Crippen molar-refractivity contribution in [1.82, 2.24) is 0 Å². The molecule has 0 saturated heterocycles. The Bertz CT molecular complexity index is 740. The summed E-state index contributed by atoms with van der Waals surface area (Å²) in [5.41, 5.74) is 0.374. The van der Waals surface area contributed by atoms with Gasteiger partial charge in [-0.1, -0.05) is 29.8 Å². The van der Waals surface area contributed by atoms with Gasteiger partial charge in [-0.25, -0.2) is 4.79 Å². The molecule has 5 nitrogen and oxygen atoms in total. The van der Waals surface area contributed by atoms with Crippen molar-refractivity contribution in [1.29, 1.82) is 0 Å². The number of aliphatic hydroxyl groups is 1. The molecule has 128 valence electrons. The van der Waals surface area contributed by atoms with Crippen molar-refractivity contribution < 1.29 is 19.7 Å². The summed E-state index contributed by atoms with van der Waals surface area (Å²) in [5.74, 6) is -0.0480. The van der Waals surface area contributed by atoms with Gasteiger partial charge in [-0.05, 0) is 45.0 Å². The highest BCUT2D eigenvalue weighted by molar-refractivity contribution is 6.30. The number of benzene rings is 2. The molecule has 3 N–H and O–H groups in total. The predicted octanol–water partition coefficient (Wildman–Crippen LogP) is 4.47. The van der Waals surface area contributed by atoms with Crippen LogP contribution >= 0.6 is 11.6 Å². The summed E-state index contributed by atoms with van der Waals surface area (Å²) >= 11 is 6.01. The van der Waals surface area contributed by atoms with Crippen LogP contribution in [0, 0.1) is 0 Å².